The molecular formula is C8H14O4S2. The van der Waals surface area contributed by atoms with Crippen molar-refractivity contribution in [2.24, 2.45) is 0 Å². The van der Waals surface area contributed by atoms with Crippen molar-refractivity contribution in [1.29, 1.82) is 0 Å². The normalized spacial score (nSPS) is 10.0. The molecule has 0 N–H and O–H groups in total. The molecule has 0 heterocycles. The first kappa shape index (κ1) is 13.6. The molecule has 0 fully saturated rings. The van der Waals surface area contributed by atoms with E-state index in [-0.39, 0.29) is 15.2 Å². The minimum absolute atomic E-state index is 0.187. The van der Waals surface area contributed by atoms with Crippen molar-refractivity contribution in [2.45, 2.75) is 25.4 Å². The van der Waals surface area contributed by atoms with Gasteiger partial charge in [-0.3, -0.25) is 0 Å². The van der Waals surface area contributed by atoms with Crippen molar-refractivity contribution >= 4 is 34.1 Å². The van der Waals surface area contributed by atoms with Crippen LogP contribution in [-0.4, -0.2) is 28.4 Å². The van der Waals surface area contributed by atoms with Gasteiger partial charge >= 0.3 is 10.6 Å². The standard InChI is InChI=1S/C8H14O4S2/c1-4-11-7(9)13-6(3)14-8(10)12-5-2/h6H,4-5H2,1-3H3. The second-order valence-corrected chi connectivity index (χ2v) is 5.02. The summed E-state index contributed by atoms with van der Waals surface area (Å²) in [4.78, 5) is 21.9. The molecule has 0 aliphatic rings. The van der Waals surface area contributed by atoms with E-state index in [1.807, 2.05) is 0 Å². The van der Waals surface area contributed by atoms with E-state index in [2.05, 4.69) is 0 Å². The van der Waals surface area contributed by atoms with E-state index in [9.17, 15) is 9.59 Å². The molecule has 14 heavy (non-hydrogen) atoms. The monoisotopic (exact) mass is 238 g/mol. The quantitative estimate of drug-likeness (QED) is 0.554. The molecular weight excluding hydrogens is 224 g/mol. The first-order valence-electron chi connectivity index (χ1n) is 4.27. The fourth-order valence-electron chi connectivity index (χ4n) is 0.599. The summed E-state index contributed by atoms with van der Waals surface area (Å²) in [6.07, 6.45) is 0. The number of carbonyl (C=O) groups excluding carboxylic acids is 2. The van der Waals surface area contributed by atoms with Crippen LogP contribution in [0.15, 0.2) is 0 Å². The molecule has 0 bridgehead atoms. The predicted molar refractivity (Wildman–Crippen MR) is 58.7 cm³/mol. The minimum Gasteiger partial charge on any atom is -0.458 e. The summed E-state index contributed by atoms with van der Waals surface area (Å²) in [5, 5.41) is -0.728. The lowest BCUT2D eigenvalue weighted by Gasteiger charge is -2.07. The van der Waals surface area contributed by atoms with E-state index in [1.54, 1.807) is 20.8 Å². The first-order valence-corrected chi connectivity index (χ1v) is 6.02. The van der Waals surface area contributed by atoms with Gasteiger partial charge in [0.05, 0.1) is 17.8 Å². The summed E-state index contributed by atoms with van der Waals surface area (Å²) >= 11 is 1.96. The predicted octanol–water partition coefficient (Wildman–Crippen LogP) is 3.11. The molecule has 6 heteroatoms. The summed E-state index contributed by atoms with van der Waals surface area (Å²) in [5.74, 6) is 0. The second-order valence-electron chi connectivity index (χ2n) is 2.17. The van der Waals surface area contributed by atoms with Crippen LogP contribution in [0.4, 0.5) is 9.59 Å². The topological polar surface area (TPSA) is 52.6 Å². The van der Waals surface area contributed by atoms with E-state index in [1.165, 1.54) is 0 Å². The van der Waals surface area contributed by atoms with Gasteiger partial charge in [-0.25, -0.2) is 9.59 Å². The van der Waals surface area contributed by atoms with Gasteiger partial charge in [-0.1, -0.05) is 0 Å². The van der Waals surface area contributed by atoms with Crippen molar-refractivity contribution < 1.29 is 19.1 Å². The maximum atomic E-state index is 11.0. The Morgan fingerprint density at radius 3 is 1.71 bits per heavy atom. The van der Waals surface area contributed by atoms with Crippen LogP contribution in [0, 0.1) is 0 Å². The lowest BCUT2D eigenvalue weighted by Crippen LogP contribution is -2.05. The largest absolute Gasteiger partial charge is 0.458 e. The van der Waals surface area contributed by atoms with Gasteiger partial charge in [0.25, 0.3) is 0 Å². The fraction of sp³-hybridized carbons (Fsp3) is 0.750. The van der Waals surface area contributed by atoms with E-state index in [4.69, 9.17) is 9.47 Å². The zero-order valence-electron chi connectivity index (χ0n) is 8.44. The molecule has 0 unspecified atom stereocenters. The van der Waals surface area contributed by atoms with Gasteiger partial charge in [0.2, 0.25) is 0 Å². The van der Waals surface area contributed by atoms with Crippen molar-refractivity contribution in [3.63, 3.8) is 0 Å². The van der Waals surface area contributed by atoms with Crippen LogP contribution >= 0.6 is 23.5 Å². The molecule has 0 atom stereocenters. The van der Waals surface area contributed by atoms with Crippen LogP contribution < -0.4 is 0 Å². The number of rotatable bonds is 4. The van der Waals surface area contributed by atoms with E-state index in [0.717, 1.165) is 23.5 Å². The maximum Gasteiger partial charge on any atom is 0.368 e. The zero-order chi connectivity index (χ0) is 11.0. The Kier molecular flexibility index (Phi) is 7.78. The maximum absolute atomic E-state index is 11.0. The van der Waals surface area contributed by atoms with Gasteiger partial charge in [-0.15, -0.1) is 0 Å². The van der Waals surface area contributed by atoms with Crippen molar-refractivity contribution in [1.82, 2.24) is 0 Å². The van der Waals surface area contributed by atoms with E-state index >= 15 is 0 Å². The molecule has 0 aromatic heterocycles. The Hall–Kier alpha value is -0.360. The molecule has 0 amide bonds. The highest BCUT2D eigenvalue weighted by atomic mass is 32.2. The van der Waals surface area contributed by atoms with Gasteiger partial charge in [0, 0.05) is 0 Å². The molecule has 0 aromatic carbocycles. The molecule has 0 rings (SSSR count). The number of ether oxygens (including phenoxy) is 2. The summed E-state index contributed by atoms with van der Waals surface area (Å²) in [6, 6.07) is 0. The van der Waals surface area contributed by atoms with Crippen molar-refractivity contribution in [2.75, 3.05) is 13.2 Å². The van der Waals surface area contributed by atoms with Gasteiger partial charge < -0.3 is 9.47 Å². The van der Waals surface area contributed by atoms with Crippen molar-refractivity contribution in [3.8, 4) is 0 Å². The molecule has 0 saturated carbocycles. The lowest BCUT2D eigenvalue weighted by atomic mass is 10.9. The molecule has 0 aliphatic heterocycles. The molecule has 0 aliphatic carbocycles. The van der Waals surface area contributed by atoms with Crippen LogP contribution in [-0.2, 0) is 9.47 Å². The number of thioether (sulfide) groups is 2. The second kappa shape index (κ2) is 7.99. The van der Waals surface area contributed by atoms with Crippen molar-refractivity contribution in [3.05, 3.63) is 0 Å². The number of carbonyl (C=O) groups is 2. The SMILES string of the molecule is CCOC(=O)SC(C)SC(=O)OCC. The third-order valence-electron chi connectivity index (χ3n) is 1.05. The number of hydrogen-bond donors (Lipinski definition) is 0. The molecule has 0 spiro atoms. The van der Waals surface area contributed by atoms with Gasteiger partial charge in [-0.05, 0) is 44.3 Å². The highest BCUT2D eigenvalue weighted by Crippen LogP contribution is 2.26. The highest BCUT2D eigenvalue weighted by Gasteiger charge is 2.15. The first-order chi connectivity index (χ1) is 6.60. The molecule has 0 saturated heterocycles. The molecule has 0 radical (unpaired) electrons. The molecule has 0 aromatic rings. The van der Waals surface area contributed by atoms with Crippen LogP contribution in [0.3, 0.4) is 0 Å². The average Bonchev–Trinajstić information content (AvgIpc) is 2.03. The highest BCUT2D eigenvalue weighted by molar-refractivity contribution is 8.29. The Labute approximate surface area is 92.1 Å². The van der Waals surface area contributed by atoms with E-state index in [0.29, 0.717) is 13.2 Å². The third kappa shape index (κ3) is 7.08. The summed E-state index contributed by atoms with van der Waals surface area (Å²) in [6.45, 7) is 5.93. The van der Waals surface area contributed by atoms with Gasteiger partial charge in [-0.2, -0.15) is 0 Å². The Morgan fingerprint density at radius 1 is 1.07 bits per heavy atom. The van der Waals surface area contributed by atoms with Crippen LogP contribution in [0.25, 0.3) is 0 Å². The fourth-order valence-corrected chi connectivity index (χ4v) is 2.18. The summed E-state index contributed by atoms with van der Waals surface area (Å²) in [7, 11) is 0. The van der Waals surface area contributed by atoms with E-state index < -0.39 is 0 Å². The smallest absolute Gasteiger partial charge is 0.368 e. The minimum atomic E-state index is -0.364. The number of hydrogen-bond acceptors (Lipinski definition) is 6. The van der Waals surface area contributed by atoms with Crippen LogP contribution in [0.1, 0.15) is 20.8 Å². The zero-order valence-corrected chi connectivity index (χ0v) is 10.1. The Bertz CT molecular complexity index is 176. The molecule has 82 valence electrons. The average molecular weight is 238 g/mol. The Morgan fingerprint density at radius 2 is 1.43 bits per heavy atom. The van der Waals surface area contributed by atoms with Crippen LogP contribution in [0.2, 0.25) is 0 Å². The summed E-state index contributed by atoms with van der Waals surface area (Å²) in [5.41, 5.74) is 0. The van der Waals surface area contributed by atoms with Gasteiger partial charge in [0.1, 0.15) is 0 Å². The Balaban J connectivity index is 3.68. The third-order valence-corrected chi connectivity index (χ3v) is 2.91. The lowest BCUT2D eigenvalue weighted by molar-refractivity contribution is 0.181. The van der Waals surface area contributed by atoms with Gasteiger partial charge in [0.15, 0.2) is 0 Å². The van der Waals surface area contributed by atoms with Crippen LogP contribution in [0.5, 0.6) is 0 Å². The molecule has 4 nitrogen and oxygen atoms in total. The summed E-state index contributed by atoms with van der Waals surface area (Å²) < 4.78 is 9.24.